The predicted molar refractivity (Wildman–Crippen MR) is 72.1 cm³/mol. The van der Waals surface area contributed by atoms with Gasteiger partial charge in [0.2, 0.25) is 0 Å². The molecular weight excluding hydrogens is 258 g/mol. The lowest BCUT2D eigenvalue weighted by atomic mass is 10.0. The second-order valence-electron chi connectivity index (χ2n) is 4.90. The lowest BCUT2D eigenvalue weighted by Crippen LogP contribution is -2.42. The number of nitro benzene ring substituents is 1. The Labute approximate surface area is 116 Å². The van der Waals surface area contributed by atoms with E-state index in [-0.39, 0.29) is 17.2 Å². The van der Waals surface area contributed by atoms with Crippen molar-refractivity contribution in [2.75, 3.05) is 6.54 Å². The van der Waals surface area contributed by atoms with E-state index in [0.717, 1.165) is 12.8 Å². The van der Waals surface area contributed by atoms with Gasteiger partial charge < -0.3 is 4.90 Å². The molecule has 0 N–H and O–H groups in total. The van der Waals surface area contributed by atoms with Gasteiger partial charge in [0.1, 0.15) is 6.04 Å². The maximum Gasteiger partial charge on any atom is 0.273 e. The fourth-order valence-corrected chi connectivity index (χ4v) is 2.41. The molecule has 104 valence electrons. The molecule has 6 heteroatoms. The first-order valence-electron chi connectivity index (χ1n) is 6.50. The van der Waals surface area contributed by atoms with Crippen molar-refractivity contribution in [2.24, 2.45) is 0 Å². The van der Waals surface area contributed by atoms with Crippen LogP contribution in [0.5, 0.6) is 0 Å². The van der Waals surface area contributed by atoms with E-state index in [2.05, 4.69) is 6.07 Å². The number of nitrogens with zero attached hydrogens (tertiary/aromatic N) is 3. The highest BCUT2D eigenvalue weighted by Gasteiger charge is 2.28. The smallest absolute Gasteiger partial charge is 0.273 e. The van der Waals surface area contributed by atoms with Crippen LogP contribution in [0.25, 0.3) is 0 Å². The van der Waals surface area contributed by atoms with Gasteiger partial charge in [0.25, 0.3) is 11.6 Å². The van der Waals surface area contributed by atoms with Crippen LogP contribution in [0.3, 0.4) is 0 Å². The molecule has 1 aromatic carbocycles. The van der Waals surface area contributed by atoms with Crippen molar-refractivity contribution in [3.63, 3.8) is 0 Å². The van der Waals surface area contributed by atoms with Crippen molar-refractivity contribution in [1.29, 1.82) is 5.26 Å². The molecule has 0 bridgehead atoms. The van der Waals surface area contributed by atoms with Gasteiger partial charge in [0, 0.05) is 23.7 Å². The molecule has 1 aromatic rings. The van der Waals surface area contributed by atoms with Gasteiger partial charge in [-0.1, -0.05) is 6.07 Å². The summed E-state index contributed by atoms with van der Waals surface area (Å²) in [6.45, 7) is 2.16. The van der Waals surface area contributed by atoms with E-state index in [1.54, 1.807) is 19.1 Å². The Morgan fingerprint density at radius 1 is 1.50 bits per heavy atom. The highest BCUT2D eigenvalue weighted by Crippen LogP contribution is 2.23. The quantitative estimate of drug-likeness (QED) is 0.611. The second kappa shape index (κ2) is 5.70. The zero-order chi connectivity index (χ0) is 14.7. The minimum atomic E-state index is -0.496. The third-order valence-corrected chi connectivity index (χ3v) is 3.57. The average molecular weight is 273 g/mol. The number of carbonyl (C=O) groups is 1. The average Bonchev–Trinajstić information content (AvgIpc) is 2.46. The summed E-state index contributed by atoms with van der Waals surface area (Å²) in [6.07, 6.45) is 2.45. The summed E-state index contributed by atoms with van der Waals surface area (Å²) < 4.78 is 0. The Morgan fingerprint density at radius 3 is 2.90 bits per heavy atom. The second-order valence-corrected chi connectivity index (χ2v) is 4.90. The molecule has 0 radical (unpaired) electrons. The van der Waals surface area contributed by atoms with Gasteiger partial charge in [-0.05, 0) is 32.3 Å². The van der Waals surface area contributed by atoms with Gasteiger partial charge in [-0.15, -0.1) is 0 Å². The summed E-state index contributed by atoms with van der Waals surface area (Å²) in [4.78, 5) is 24.3. The Balaban J connectivity index is 2.31. The highest BCUT2D eigenvalue weighted by molar-refractivity contribution is 5.95. The molecule has 1 atom stereocenters. The van der Waals surface area contributed by atoms with Gasteiger partial charge in [0.05, 0.1) is 11.0 Å². The van der Waals surface area contributed by atoms with Gasteiger partial charge in [-0.2, -0.15) is 5.26 Å². The maximum absolute atomic E-state index is 12.4. The number of rotatable bonds is 2. The molecule has 6 nitrogen and oxygen atoms in total. The Bertz CT molecular complexity index is 592. The van der Waals surface area contributed by atoms with E-state index in [1.165, 1.54) is 11.0 Å². The molecule has 0 aromatic heterocycles. The van der Waals surface area contributed by atoms with E-state index < -0.39 is 11.0 Å². The molecule has 0 saturated carbocycles. The Morgan fingerprint density at radius 2 is 2.25 bits per heavy atom. The maximum atomic E-state index is 12.4. The SMILES string of the molecule is Cc1ccc(C(=O)N2CCCCC2C#N)cc1[N+](=O)[O-]. The molecule has 1 aliphatic heterocycles. The Kier molecular flexibility index (Phi) is 3.99. The van der Waals surface area contributed by atoms with E-state index in [9.17, 15) is 14.9 Å². The van der Waals surface area contributed by atoms with Gasteiger partial charge in [-0.25, -0.2) is 0 Å². The zero-order valence-electron chi connectivity index (χ0n) is 11.2. The van der Waals surface area contributed by atoms with E-state index in [1.807, 2.05) is 0 Å². The number of piperidine rings is 1. The highest BCUT2D eigenvalue weighted by atomic mass is 16.6. The first kappa shape index (κ1) is 14.0. The van der Waals surface area contributed by atoms with Crippen molar-refractivity contribution in [1.82, 2.24) is 4.90 Å². The van der Waals surface area contributed by atoms with Crippen molar-refractivity contribution < 1.29 is 9.72 Å². The van der Waals surface area contributed by atoms with E-state index >= 15 is 0 Å². The first-order chi connectivity index (χ1) is 9.54. The van der Waals surface area contributed by atoms with Crippen LogP contribution in [0.1, 0.15) is 35.2 Å². The van der Waals surface area contributed by atoms with Crippen molar-refractivity contribution in [3.05, 3.63) is 39.4 Å². The molecule has 20 heavy (non-hydrogen) atoms. The number of likely N-dealkylation sites (tertiary alicyclic amines) is 1. The topological polar surface area (TPSA) is 87.2 Å². The Hall–Kier alpha value is -2.42. The van der Waals surface area contributed by atoms with Crippen LogP contribution in [0.15, 0.2) is 18.2 Å². The first-order valence-corrected chi connectivity index (χ1v) is 6.50. The van der Waals surface area contributed by atoms with Gasteiger partial charge >= 0.3 is 0 Å². The van der Waals surface area contributed by atoms with Gasteiger partial charge in [-0.3, -0.25) is 14.9 Å². The lowest BCUT2D eigenvalue weighted by Gasteiger charge is -2.31. The summed E-state index contributed by atoms with van der Waals surface area (Å²) >= 11 is 0. The number of aryl methyl sites for hydroxylation is 1. The number of benzene rings is 1. The monoisotopic (exact) mass is 273 g/mol. The molecule has 2 rings (SSSR count). The fraction of sp³-hybridized carbons (Fsp3) is 0.429. The van der Waals surface area contributed by atoms with Crippen molar-refractivity contribution in [2.45, 2.75) is 32.2 Å². The third kappa shape index (κ3) is 2.62. The molecule has 1 amide bonds. The summed E-state index contributed by atoms with van der Waals surface area (Å²) in [5, 5.41) is 20.0. The molecule has 1 unspecified atom stereocenters. The number of nitriles is 1. The molecule has 1 saturated heterocycles. The van der Waals surface area contributed by atoms with Crippen LogP contribution < -0.4 is 0 Å². The van der Waals surface area contributed by atoms with Crippen LogP contribution in [0.4, 0.5) is 5.69 Å². The number of carbonyl (C=O) groups excluding carboxylic acids is 1. The van der Waals surface area contributed by atoms with Gasteiger partial charge in [0.15, 0.2) is 0 Å². The summed E-state index contributed by atoms with van der Waals surface area (Å²) in [5.74, 6) is -0.306. The van der Waals surface area contributed by atoms with E-state index in [0.29, 0.717) is 18.5 Å². The van der Waals surface area contributed by atoms with Crippen LogP contribution in [-0.2, 0) is 0 Å². The third-order valence-electron chi connectivity index (χ3n) is 3.57. The minimum Gasteiger partial charge on any atom is -0.323 e. The van der Waals surface area contributed by atoms with Crippen LogP contribution in [-0.4, -0.2) is 28.3 Å². The molecule has 1 aliphatic rings. The number of hydrogen-bond donors (Lipinski definition) is 0. The standard InChI is InChI=1S/C14H15N3O3/c1-10-5-6-11(8-13(10)17(19)20)14(18)16-7-3-2-4-12(16)9-15/h5-6,8,12H,2-4,7H2,1H3. The molecule has 0 spiro atoms. The number of hydrogen-bond acceptors (Lipinski definition) is 4. The molecular formula is C14H15N3O3. The van der Waals surface area contributed by atoms with Crippen LogP contribution in [0, 0.1) is 28.4 Å². The fourth-order valence-electron chi connectivity index (χ4n) is 2.41. The zero-order valence-corrected chi connectivity index (χ0v) is 11.2. The summed E-state index contributed by atoms with van der Waals surface area (Å²) in [5.41, 5.74) is 0.716. The molecule has 0 aliphatic carbocycles. The van der Waals surface area contributed by atoms with Crippen LogP contribution in [0.2, 0.25) is 0 Å². The lowest BCUT2D eigenvalue weighted by molar-refractivity contribution is -0.385. The van der Waals surface area contributed by atoms with E-state index in [4.69, 9.17) is 5.26 Å². The number of nitro groups is 1. The van der Waals surface area contributed by atoms with Crippen molar-refractivity contribution in [3.8, 4) is 6.07 Å². The summed E-state index contributed by atoms with van der Waals surface area (Å²) in [7, 11) is 0. The van der Waals surface area contributed by atoms with Crippen molar-refractivity contribution >= 4 is 11.6 Å². The molecule has 1 fully saturated rings. The summed E-state index contributed by atoms with van der Waals surface area (Å²) in [6, 6.07) is 6.13. The number of amides is 1. The molecule has 1 heterocycles. The largest absolute Gasteiger partial charge is 0.323 e. The van der Waals surface area contributed by atoms with Crippen LogP contribution >= 0.6 is 0 Å². The predicted octanol–water partition coefficient (Wildman–Crippen LogP) is 2.42. The normalized spacial score (nSPS) is 18.4. The minimum absolute atomic E-state index is 0.0682.